The number of nitrogens with one attached hydrogen (secondary N) is 2. The lowest BCUT2D eigenvalue weighted by molar-refractivity contribution is -0.118. The number of rotatable bonds is 0. The molecule has 0 saturated carbocycles. The Morgan fingerprint density at radius 1 is 0.844 bits per heavy atom. The normalized spacial score (nSPS) is 18.2. The fraction of sp³-hybridized carbons (Fsp3) is 0.125. The molecule has 1 spiro atoms. The second-order valence-electron chi connectivity index (χ2n) is 8.16. The van der Waals surface area contributed by atoms with E-state index in [1.165, 1.54) is 11.6 Å². The Kier molecular flexibility index (Phi) is 3.69. The Bertz CT molecular complexity index is 1640. The number of nitrogens with zero attached hydrogens (tertiary/aromatic N) is 2. The molecule has 1 amide bonds. The first-order chi connectivity index (χ1) is 15.4. The number of hydrogen-bond acceptors (Lipinski definition) is 4. The minimum Gasteiger partial charge on any atom is -0.341 e. The number of fused-ring (bicyclic) bond motifs is 8. The van der Waals surface area contributed by atoms with Gasteiger partial charge in [0, 0.05) is 41.1 Å². The van der Waals surface area contributed by atoms with Crippen LogP contribution in [0.3, 0.4) is 0 Å². The standard InChI is InChI=1S/C24H17BrN4O3/c1-28-20-19(21(30)29(2)23(28)32)24(15-9-8-13(25)11-17(15)27-22(24)31)18-14-6-4-3-5-12(14)7-10-16(18)26-20/h3-11,26H,1-2H3,(H,27,31). The molecule has 7 nitrogen and oxygen atoms in total. The van der Waals surface area contributed by atoms with Gasteiger partial charge in [0.2, 0.25) is 5.91 Å². The molecule has 158 valence electrons. The van der Waals surface area contributed by atoms with Gasteiger partial charge in [0.25, 0.3) is 5.56 Å². The molecule has 0 bridgehead atoms. The molecule has 32 heavy (non-hydrogen) atoms. The molecule has 4 aromatic rings. The van der Waals surface area contributed by atoms with Gasteiger partial charge in [-0.25, -0.2) is 4.79 Å². The van der Waals surface area contributed by atoms with Crippen molar-refractivity contribution in [3.05, 3.63) is 96.6 Å². The van der Waals surface area contributed by atoms with Crippen LogP contribution in [0.5, 0.6) is 0 Å². The van der Waals surface area contributed by atoms with Gasteiger partial charge in [0.1, 0.15) is 11.2 Å². The van der Waals surface area contributed by atoms with Crippen LogP contribution in [0.1, 0.15) is 16.7 Å². The number of aromatic nitrogens is 2. The van der Waals surface area contributed by atoms with E-state index < -0.39 is 16.7 Å². The molecule has 1 aromatic heterocycles. The lowest BCUT2D eigenvalue weighted by Gasteiger charge is -2.37. The lowest BCUT2D eigenvalue weighted by atomic mass is 9.67. The van der Waals surface area contributed by atoms with Crippen molar-refractivity contribution in [2.45, 2.75) is 5.41 Å². The molecule has 0 radical (unpaired) electrons. The van der Waals surface area contributed by atoms with E-state index in [4.69, 9.17) is 0 Å². The number of halogens is 1. The molecule has 3 aromatic carbocycles. The predicted octanol–water partition coefficient (Wildman–Crippen LogP) is 3.34. The van der Waals surface area contributed by atoms with Crippen LogP contribution in [-0.2, 0) is 24.3 Å². The molecule has 0 aliphatic carbocycles. The summed E-state index contributed by atoms with van der Waals surface area (Å²) >= 11 is 3.47. The highest BCUT2D eigenvalue weighted by atomic mass is 79.9. The first-order valence-corrected chi connectivity index (χ1v) is 10.9. The smallest absolute Gasteiger partial charge is 0.332 e. The summed E-state index contributed by atoms with van der Waals surface area (Å²) in [6, 6.07) is 17.2. The van der Waals surface area contributed by atoms with E-state index in [9.17, 15) is 14.4 Å². The van der Waals surface area contributed by atoms with E-state index >= 15 is 0 Å². The average Bonchev–Trinajstić information content (AvgIpc) is 3.06. The molecular formula is C24H17BrN4O3. The van der Waals surface area contributed by atoms with Crippen LogP contribution in [0.25, 0.3) is 10.8 Å². The highest BCUT2D eigenvalue weighted by Crippen LogP contribution is 2.55. The van der Waals surface area contributed by atoms with Crippen LogP contribution in [0.2, 0.25) is 0 Å². The minimum atomic E-state index is -1.41. The van der Waals surface area contributed by atoms with Gasteiger partial charge in [-0.05, 0) is 29.0 Å². The number of benzene rings is 3. The Balaban J connectivity index is 1.91. The average molecular weight is 489 g/mol. The zero-order valence-corrected chi connectivity index (χ0v) is 18.8. The van der Waals surface area contributed by atoms with Gasteiger partial charge in [0.05, 0.1) is 5.56 Å². The van der Waals surface area contributed by atoms with E-state index in [-0.39, 0.29) is 11.5 Å². The fourth-order valence-electron chi connectivity index (χ4n) is 5.14. The Morgan fingerprint density at radius 2 is 1.62 bits per heavy atom. The fourth-order valence-corrected chi connectivity index (χ4v) is 5.50. The summed E-state index contributed by atoms with van der Waals surface area (Å²) in [4.78, 5) is 40.3. The third-order valence-corrected chi connectivity index (χ3v) is 7.06. The molecule has 2 aliphatic rings. The Hall–Kier alpha value is -3.65. The molecule has 1 atom stereocenters. The van der Waals surface area contributed by atoms with Gasteiger partial charge in [-0.2, -0.15) is 0 Å². The highest BCUT2D eigenvalue weighted by molar-refractivity contribution is 9.10. The number of anilines is 3. The van der Waals surface area contributed by atoms with Crippen LogP contribution in [0.15, 0.2) is 68.7 Å². The summed E-state index contributed by atoms with van der Waals surface area (Å²) in [6.07, 6.45) is 0. The number of hydrogen-bond donors (Lipinski definition) is 2. The van der Waals surface area contributed by atoms with E-state index in [1.54, 1.807) is 7.05 Å². The highest BCUT2D eigenvalue weighted by Gasteiger charge is 2.57. The second-order valence-corrected chi connectivity index (χ2v) is 9.07. The molecule has 0 saturated heterocycles. The van der Waals surface area contributed by atoms with Crippen LogP contribution in [0.4, 0.5) is 17.2 Å². The maximum absolute atomic E-state index is 14.0. The van der Waals surface area contributed by atoms with E-state index in [2.05, 4.69) is 26.6 Å². The summed E-state index contributed by atoms with van der Waals surface area (Å²) in [7, 11) is 3.04. The molecule has 2 N–H and O–H groups in total. The zero-order chi connectivity index (χ0) is 22.4. The van der Waals surface area contributed by atoms with Gasteiger partial charge in [-0.1, -0.05) is 52.3 Å². The molecule has 6 rings (SSSR count). The molecule has 0 fully saturated rings. The molecule has 2 aliphatic heterocycles. The van der Waals surface area contributed by atoms with E-state index in [1.807, 2.05) is 54.6 Å². The van der Waals surface area contributed by atoms with Crippen molar-refractivity contribution in [2.24, 2.45) is 14.1 Å². The zero-order valence-electron chi connectivity index (χ0n) is 17.2. The summed E-state index contributed by atoms with van der Waals surface area (Å²) < 4.78 is 3.26. The van der Waals surface area contributed by atoms with Gasteiger partial charge in [-0.3, -0.25) is 18.7 Å². The number of amides is 1. The van der Waals surface area contributed by atoms with Crippen LogP contribution in [-0.4, -0.2) is 15.0 Å². The van der Waals surface area contributed by atoms with Gasteiger partial charge in [-0.15, -0.1) is 0 Å². The van der Waals surface area contributed by atoms with Crippen LogP contribution < -0.4 is 21.9 Å². The van der Waals surface area contributed by atoms with Crippen LogP contribution in [0, 0.1) is 0 Å². The van der Waals surface area contributed by atoms with E-state index in [0.717, 1.165) is 19.8 Å². The van der Waals surface area contributed by atoms with Crippen molar-refractivity contribution >= 4 is 49.8 Å². The first kappa shape index (κ1) is 19.1. The summed E-state index contributed by atoms with van der Waals surface area (Å²) in [5.41, 5.74) is 0.573. The topological polar surface area (TPSA) is 85.1 Å². The van der Waals surface area contributed by atoms with Gasteiger partial charge >= 0.3 is 5.69 Å². The van der Waals surface area contributed by atoms with Crippen LogP contribution >= 0.6 is 15.9 Å². The third-order valence-electron chi connectivity index (χ3n) is 6.57. The van der Waals surface area contributed by atoms with Crippen molar-refractivity contribution in [2.75, 3.05) is 10.6 Å². The molecule has 8 heteroatoms. The molecule has 3 heterocycles. The Morgan fingerprint density at radius 3 is 2.44 bits per heavy atom. The third kappa shape index (κ3) is 2.12. The maximum atomic E-state index is 14.0. The maximum Gasteiger partial charge on any atom is 0.332 e. The molecule has 1 unspecified atom stereocenters. The summed E-state index contributed by atoms with van der Waals surface area (Å²) in [6.45, 7) is 0. The largest absolute Gasteiger partial charge is 0.341 e. The summed E-state index contributed by atoms with van der Waals surface area (Å²) in [5, 5.41) is 8.10. The monoisotopic (exact) mass is 488 g/mol. The predicted molar refractivity (Wildman–Crippen MR) is 127 cm³/mol. The summed E-state index contributed by atoms with van der Waals surface area (Å²) in [5.74, 6) is 0.00787. The second kappa shape index (κ2) is 6.20. The van der Waals surface area contributed by atoms with Crippen molar-refractivity contribution in [1.29, 1.82) is 0 Å². The quantitative estimate of drug-likeness (QED) is 0.397. The molecular weight excluding hydrogens is 472 g/mol. The Labute approximate surface area is 190 Å². The van der Waals surface area contributed by atoms with Gasteiger partial charge < -0.3 is 10.6 Å². The lowest BCUT2D eigenvalue weighted by Crippen LogP contribution is -2.50. The minimum absolute atomic E-state index is 0.240. The first-order valence-electron chi connectivity index (χ1n) is 10.1. The van der Waals surface area contributed by atoms with Crippen molar-refractivity contribution in [1.82, 2.24) is 9.13 Å². The number of carbonyl (C=O) groups excluding carboxylic acids is 1. The number of carbonyl (C=O) groups is 1. The van der Waals surface area contributed by atoms with E-state index in [0.29, 0.717) is 28.3 Å². The SMILES string of the molecule is Cn1c2c(c(=O)n(C)c1=O)C1(C(=O)Nc3cc(Br)ccc31)c1c(ccc3ccccc13)N2. The van der Waals surface area contributed by atoms with Crippen molar-refractivity contribution in [3.8, 4) is 0 Å². The van der Waals surface area contributed by atoms with Crippen molar-refractivity contribution < 1.29 is 4.79 Å². The van der Waals surface area contributed by atoms with Crippen molar-refractivity contribution in [3.63, 3.8) is 0 Å². The van der Waals surface area contributed by atoms with Gasteiger partial charge in [0.15, 0.2) is 0 Å².